The predicted octanol–water partition coefficient (Wildman–Crippen LogP) is 5.11. The zero-order chi connectivity index (χ0) is 28.0. The molecule has 5 N–H and O–H groups in total. The first-order chi connectivity index (χ1) is 18.9. The Morgan fingerprint density at radius 2 is 1.13 bits per heavy atom. The van der Waals surface area contributed by atoms with Crippen molar-refractivity contribution in [3.63, 3.8) is 0 Å². The molecule has 0 aromatic heterocycles. The highest BCUT2D eigenvalue weighted by molar-refractivity contribution is 9.11. The third-order valence-electron chi connectivity index (χ3n) is 7.61. The van der Waals surface area contributed by atoms with Crippen LogP contribution in [-0.4, -0.2) is 71.5 Å². The van der Waals surface area contributed by atoms with Gasteiger partial charge in [-0.3, -0.25) is 14.5 Å². The standard InChI is InChI=1S/C17H23N3O2.C11H16N2.C2H4Br2/c18-15-3-1-13(2-4-15)14-7-9-19(10-8-14)11-12-20-16(21)5-6-17(20)22;12-11-3-1-9(2-4-11)10-5-7-13-8-6-10;3-1-2-4/h1-4,14H,5-12,18H2;1-4,10,13H,5-8,12H2;1-2H2. The Morgan fingerprint density at radius 1 is 0.692 bits per heavy atom. The molecule has 2 amide bonds. The lowest BCUT2D eigenvalue weighted by Crippen LogP contribution is -2.41. The van der Waals surface area contributed by atoms with Gasteiger partial charge in [0, 0.05) is 48.0 Å². The highest BCUT2D eigenvalue weighted by Gasteiger charge is 2.29. The van der Waals surface area contributed by atoms with Gasteiger partial charge in [-0.1, -0.05) is 56.1 Å². The normalized spacial score (nSPS) is 18.8. The molecule has 3 fully saturated rings. The quantitative estimate of drug-likeness (QED) is 0.225. The van der Waals surface area contributed by atoms with Gasteiger partial charge < -0.3 is 21.7 Å². The SMILES string of the molecule is BrCCBr.Nc1ccc(C2CCN(CCN3C(=O)CCC3=O)CC2)cc1.Nc1ccc(C2CCNCC2)cc1. The third kappa shape index (κ3) is 10.5. The number of carbonyl (C=O) groups is 2. The van der Waals surface area contributed by atoms with E-state index in [2.05, 4.69) is 66.3 Å². The zero-order valence-electron chi connectivity index (χ0n) is 22.8. The number of nitrogens with zero attached hydrogens (tertiary/aromatic N) is 2. The summed E-state index contributed by atoms with van der Waals surface area (Å²) >= 11 is 6.40. The molecule has 3 saturated heterocycles. The third-order valence-corrected chi connectivity index (χ3v) is 9.47. The van der Waals surface area contributed by atoms with Crippen molar-refractivity contribution in [3.8, 4) is 0 Å². The summed E-state index contributed by atoms with van der Waals surface area (Å²) in [5, 5.41) is 5.47. The first kappa shape index (κ1) is 31.6. The molecule has 214 valence electrons. The Labute approximate surface area is 250 Å². The molecular weight excluding hydrogens is 622 g/mol. The number of nitrogens with one attached hydrogen (secondary N) is 1. The Balaban J connectivity index is 0.000000209. The van der Waals surface area contributed by atoms with Crippen molar-refractivity contribution in [1.82, 2.24) is 15.1 Å². The monoisotopic (exact) mass is 663 g/mol. The van der Waals surface area contributed by atoms with Gasteiger partial charge in [-0.05, 0) is 99.1 Å². The van der Waals surface area contributed by atoms with Crippen molar-refractivity contribution in [1.29, 1.82) is 0 Å². The van der Waals surface area contributed by atoms with Crippen LogP contribution in [0.2, 0.25) is 0 Å². The molecule has 9 heteroatoms. The minimum Gasteiger partial charge on any atom is -0.399 e. The number of hydrogen-bond acceptors (Lipinski definition) is 6. The molecule has 0 bridgehead atoms. The molecular formula is C30H43Br2N5O2. The van der Waals surface area contributed by atoms with Crippen LogP contribution in [-0.2, 0) is 9.59 Å². The summed E-state index contributed by atoms with van der Waals surface area (Å²) in [6.07, 6.45) is 5.52. The molecule has 39 heavy (non-hydrogen) atoms. The lowest BCUT2D eigenvalue weighted by Gasteiger charge is -2.33. The van der Waals surface area contributed by atoms with Gasteiger partial charge in [0.05, 0.1) is 0 Å². The fraction of sp³-hybridized carbons (Fsp3) is 0.533. The molecule has 3 aliphatic rings. The van der Waals surface area contributed by atoms with Crippen LogP contribution in [0.5, 0.6) is 0 Å². The largest absolute Gasteiger partial charge is 0.399 e. The Hall–Kier alpha value is -1.94. The summed E-state index contributed by atoms with van der Waals surface area (Å²) in [5.74, 6) is 1.30. The summed E-state index contributed by atoms with van der Waals surface area (Å²) in [7, 11) is 0. The number of benzene rings is 2. The highest BCUT2D eigenvalue weighted by Crippen LogP contribution is 2.28. The number of piperidine rings is 2. The summed E-state index contributed by atoms with van der Waals surface area (Å²) < 4.78 is 0. The second-order valence-corrected chi connectivity index (χ2v) is 11.9. The second-order valence-electron chi connectivity index (χ2n) is 10.3. The maximum atomic E-state index is 11.6. The molecule has 0 unspecified atom stereocenters. The highest BCUT2D eigenvalue weighted by atomic mass is 79.9. The van der Waals surface area contributed by atoms with Gasteiger partial charge in [-0.15, -0.1) is 0 Å². The first-order valence-corrected chi connectivity index (χ1v) is 16.2. The van der Waals surface area contributed by atoms with Gasteiger partial charge in [0.2, 0.25) is 11.8 Å². The number of alkyl halides is 2. The van der Waals surface area contributed by atoms with Crippen molar-refractivity contribution in [2.75, 3.05) is 61.4 Å². The van der Waals surface area contributed by atoms with Crippen molar-refractivity contribution in [3.05, 3.63) is 59.7 Å². The molecule has 2 aromatic carbocycles. The number of rotatable bonds is 6. The van der Waals surface area contributed by atoms with Gasteiger partial charge in [0.1, 0.15) is 0 Å². The number of amides is 2. The van der Waals surface area contributed by atoms with E-state index in [4.69, 9.17) is 11.5 Å². The molecule has 5 rings (SSSR count). The van der Waals surface area contributed by atoms with Gasteiger partial charge in [-0.2, -0.15) is 0 Å². The average Bonchev–Trinajstić information content (AvgIpc) is 3.30. The molecule has 0 aliphatic carbocycles. The van der Waals surface area contributed by atoms with E-state index in [-0.39, 0.29) is 11.8 Å². The smallest absolute Gasteiger partial charge is 0.229 e. The lowest BCUT2D eigenvalue weighted by atomic mass is 9.89. The number of imide groups is 1. The van der Waals surface area contributed by atoms with E-state index < -0.39 is 0 Å². The number of hydrogen-bond donors (Lipinski definition) is 3. The maximum Gasteiger partial charge on any atom is 0.229 e. The average molecular weight is 666 g/mol. The van der Waals surface area contributed by atoms with E-state index in [9.17, 15) is 9.59 Å². The van der Waals surface area contributed by atoms with E-state index in [0.717, 1.165) is 73.5 Å². The summed E-state index contributed by atoms with van der Waals surface area (Å²) in [4.78, 5) is 27.0. The minimum atomic E-state index is -0.0123. The molecule has 3 heterocycles. The van der Waals surface area contributed by atoms with Gasteiger partial charge in [0.15, 0.2) is 0 Å². The van der Waals surface area contributed by atoms with E-state index in [0.29, 0.717) is 25.3 Å². The molecule has 0 radical (unpaired) electrons. The number of anilines is 2. The van der Waals surface area contributed by atoms with Crippen LogP contribution in [0.15, 0.2) is 48.5 Å². The second kappa shape index (κ2) is 17.0. The van der Waals surface area contributed by atoms with Gasteiger partial charge >= 0.3 is 0 Å². The van der Waals surface area contributed by atoms with Crippen molar-refractivity contribution in [2.45, 2.75) is 50.4 Å². The topological polar surface area (TPSA) is 105 Å². The number of carbonyl (C=O) groups excluding carboxylic acids is 2. The first-order valence-electron chi connectivity index (χ1n) is 14.0. The van der Waals surface area contributed by atoms with Gasteiger partial charge in [-0.25, -0.2) is 0 Å². The summed E-state index contributed by atoms with van der Waals surface area (Å²) in [6, 6.07) is 16.5. The minimum absolute atomic E-state index is 0.0123. The van der Waals surface area contributed by atoms with Crippen molar-refractivity contribution >= 4 is 55.0 Å². The molecule has 7 nitrogen and oxygen atoms in total. The fourth-order valence-corrected chi connectivity index (χ4v) is 5.30. The van der Waals surface area contributed by atoms with Crippen LogP contribution >= 0.6 is 31.9 Å². The van der Waals surface area contributed by atoms with Crippen LogP contribution in [0.1, 0.15) is 61.5 Å². The van der Waals surface area contributed by atoms with Crippen LogP contribution in [0, 0.1) is 0 Å². The van der Waals surface area contributed by atoms with Crippen molar-refractivity contribution in [2.24, 2.45) is 0 Å². The maximum absolute atomic E-state index is 11.6. The molecule has 0 saturated carbocycles. The van der Waals surface area contributed by atoms with Crippen molar-refractivity contribution < 1.29 is 9.59 Å². The lowest BCUT2D eigenvalue weighted by molar-refractivity contribution is -0.138. The molecule has 0 spiro atoms. The number of nitrogen functional groups attached to an aromatic ring is 2. The molecule has 3 aliphatic heterocycles. The Bertz CT molecular complexity index is 987. The van der Waals surface area contributed by atoms with E-state index in [1.807, 2.05) is 24.3 Å². The van der Waals surface area contributed by atoms with E-state index in [1.54, 1.807) is 0 Å². The van der Waals surface area contributed by atoms with Crippen LogP contribution in [0.3, 0.4) is 0 Å². The number of halogens is 2. The summed E-state index contributed by atoms with van der Waals surface area (Å²) in [5.41, 5.74) is 15.8. The van der Waals surface area contributed by atoms with E-state index in [1.165, 1.54) is 28.9 Å². The van der Waals surface area contributed by atoms with Crippen LogP contribution in [0.4, 0.5) is 11.4 Å². The number of nitrogens with two attached hydrogens (primary N) is 2. The Morgan fingerprint density at radius 3 is 1.56 bits per heavy atom. The van der Waals surface area contributed by atoms with Crippen LogP contribution < -0.4 is 16.8 Å². The Kier molecular flexibility index (Phi) is 13.8. The molecule has 0 atom stereocenters. The summed E-state index contributed by atoms with van der Waals surface area (Å²) in [6.45, 7) is 5.68. The predicted molar refractivity (Wildman–Crippen MR) is 169 cm³/mol. The molecule has 2 aromatic rings. The fourth-order valence-electron chi connectivity index (χ4n) is 5.30. The van der Waals surface area contributed by atoms with Gasteiger partial charge in [0.25, 0.3) is 0 Å². The van der Waals surface area contributed by atoms with Crippen LogP contribution in [0.25, 0.3) is 0 Å². The number of likely N-dealkylation sites (tertiary alicyclic amines) is 2. The zero-order valence-corrected chi connectivity index (χ0v) is 26.0. The van der Waals surface area contributed by atoms with E-state index >= 15 is 0 Å².